The lowest BCUT2D eigenvalue weighted by Crippen LogP contribution is -2.40. The molecule has 0 saturated carbocycles. The van der Waals surface area contributed by atoms with Gasteiger partial charge in [-0.25, -0.2) is 4.79 Å². The molecule has 2 rings (SSSR count). The molecular weight excluding hydrogens is 272 g/mol. The smallest absolute Gasteiger partial charge is 0.332 e. The summed E-state index contributed by atoms with van der Waals surface area (Å²) in [6.07, 6.45) is 2.43. The maximum atomic E-state index is 12.2. The van der Waals surface area contributed by atoms with Gasteiger partial charge >= 0.3 is 5.69 Å². The molecule has 21 heavy (non-hydrogen) atoms. The summed E-state index contributed by atoms with van der Waals surface area (Å²) in [5.74, 6) is 0.173. The number of anilines is 2. The van der Waals surface area contributed by atoms with Gasteiger partial charge in [-0.05, 0) is 12.5 Å². The van der Waals surface area contributed by atoms with Gasteiger partial charge in [0.1, 0.15) is 11.5 Å². The van der Waals surface area contributed by atoms with E-state index >= 15 is 0 Å². The monoisotopic (exact) mass is 292 g/mol. The summed E-state index contributed by atoms with van der Waals surface area (Å²) >= 11 is 0. The van der Waals surface area contributed by atoms with Crippen LogP contribution in [-0.2, 0) is 27.2 Å². The number of rotatable bonds is 5. The second-order valence-electron chi connectivity index (χ2n) is 4.86. The molecule has 0 spiro atoms. The van der Waals surface area contributed by atoms with Crippen LogP contribution in [0.1, 0.15) is 19.0 Å². The van der Waals surface area contributed by atoms with Crippen molar-refractivity contribution in [1.82, 2.24) is 18.9 Å². The molecule has 0 bridgehead atoms. The van der Waals surface area contributed by atoms with Crippen LogP contribution in [0, 0.1) is 0 Å². The fraction of sp³-hybridized carbons (Fsp3) is 0.462. The quantitative estimate of drug-likeness (QED) is 0.800. The van der Waals surface area contributed by atoms with Crippen LogP contribution in [0.2, 0.25) is 0 Å². The lowest BCUT2D eigenvalue weighted by Gasteiger charge is -2.15. The van der Waals surface area contributed by atoms with Crippen LogP contribution < -0.4 is 22.3 Å². The normalized spacial score (nSPS) is 10.8. The van der Waals surface area contributed by atoms with Gasteiger partial charge in [0.25, 0.3) is 5.56 Å². The third kappa shape index (κ3) is 2.69. The maximum Gasteiger partial charge on any atom is 0.332 e. The first-order chi connectivity index (χ1) is 9.97. The summed E-state index contributed by atoms with van der Waals surface area (Å²) in [6.45, 7) is 2.82. The molecule has 2 heterocycles. The second kappa shape index (κ2) is 5.86. The van der Waals surface area contributed by atoms with Crippen molar-refractivity contribution < 1.29 is 0 Å². The van der Waals surface area contributed by atoms with Crippen LogP contribution in [0.15, 0.2) is 21.9 Å². The predicted molar refractivity (Wildman–Crippen MR) is 81.2 cm³/mol. The van der Waals surface area contributed by atoms with Crippen molar-refractivity contribution in [2.24, 2.45) is 14.1 Å². The van der Waals surface area contributed by atoms with Gasteiger partial charge < -0.3 is 11.1 Å². The molecule has 0 aromatic carbocycles. The van der Waals surface area contributed by atoms with Crippen molar-refractivity contribution in [1.29, 1.82) is 0 Å². The van der Waals surface area contributed by atoms with Crippen LogP contribution in [0.5, 0.6) is 0 Å². The van der Waals surface area contributed by atoms with Crippen LogP contribution >= 0.6 is 0 Å². The Balaban J connectivity index is 2.41. The number of nitrogens with two attached hydrogens (primary N) is 1. The van der Waals surface area contributed by atoms with E-state index < -0.39 is 11.2 Å². The molecular formula is C13H20N6O2. The van der Waals surface area contributed by atoms with Gasteiger partial charge in [-0.2, -0.15) is 5.10 Å². The highest BCUT2D eigenvalue weighted by Crippen LogP contribution is 2.12. The Morgan fingerprint density at radius 2 is 2.05 bits per heavy atom. The fourth-order valence-corrected chi connectivity index (χ4v) is 2.14. The molecule has 0 aliphatic heterocycles. The zero-order chi connectivity index (χ0) is 15.6. The highest BCUT2D eigenvalue weighted by molar-refractivity contribution is 5.60. The molecule has 0 saturated heterocycles. The van der Waals surface area contributed by atoms with Crippen molar-refractivity contribution in [3.05, 3.63) is 38.8 Å². The Kier molecular flexibility index (Phi) is 4.15. The Morgan fingerprint density at radius 3 is 2.62 bits per heavy atom. The molecule has 0 aliphatic carbocycles. The number of hydrogen-bond acceptors (Lipinski definition) is 5. The molecule has 0 fully saturated rings. The largest absolute Gasteiger partial charge is 0.383 e. The summed E-state index contributed by atoms with van der Waals surface area (Å²) in [5.41, 5.74) is 6.31. The van der Waals surface area contributed by atoms with Gasteiger partial charge in [0.2, 0.25) is 0 Å². The zero-order valence-corrected chi connectivity index (χ0v) is 12.5. The maximum absolute atomic E-state index is 12.2. The molecule has 0 aliphatic rings. The van der Waals surface area contributed by atoms with Crippen LogP contribution in [-0.4, -0.2) is 18.9 Å². The minimum Gasteiger partial charge on any atom is -0.383 e. The van der Waals surface area contributed by atoms with E-state index in [9.17, 15) is 9.59 Å². The van der Waals surface area contributed by atoms with Gasteiger partial charge in [0.05, 0.1) is 12.2 Å². The molecule has 0 radical (unpaired) electrons. The number of aryl methyl sites for hydroxylation is 1. The van der Waals surface area contributed by atoms with E-state index in [1.54, 1.807) is 10.9 Å². The lowest BCUT2D eigenvalue weighted by molar-refractivity contribution is 0.600. The molecule has 2 aromatic rings. The van der Waals surface area contributed by atoms with Gasteiger partial charge in [0.15, 0.2) is 0 Å². The Hall–Kier alpha value is -2.51. The minimum absolute atomic E-state index is 0.173. The molecule has 8 heteroatoms. The molecule has 2 aromatic heterocycles. The number of nitrogens with zero attached hydrogens (tertiary/aromatic N) is 4. The number of aromatic nitrogens is 4. The Bertz CT molecular complexity index is 755. The van der Waals surface area contributed by atoms with Crippen molar-refractivity contribution >= 4 is 11.5 Å². The zero-order valence-electron chi connectivity index (χ0n) is 12.5. The average Bonchev–Trinajstić information content (AvgIpc) is 2.87. The summed E-state index contributed by atoms with van der Waals surface area (Å²) in [5, 5.41) is 7.07. The van der Waals surface area contributed by atoms with E-state index in [-0.39, 0.29) is 11.5 Å². The highest BCUT2D eigenvalue weighted by atomic mass is 16.2. The Morgan fingerprint density at radius 1 is 1.33 bits per heavy atom. The van der Waals surface area contributed by atoms with Crippen molar-refractivity contribution in [3.63, 3.8) is 0 Å². The van der Waals surface area contributed by atoms with Gasteiger partial charge in [0, 0.05) is 26.8 Å². The molecule has 114 valence electrons. The van der Waals surface area contributed by atoms with Gasteiger partial charge in [-0.3, -0.25) is 18.6 Å². The van der Waals surface area contributed by atoms with E-state index in [0.717, 1.165) is 16.7 Å². The SMILES string of the molecule is CCCn1c(N)c(NCc2ccnn2C)c(=O)n(C)c1=O. The van der Waals surface area contributed by atoms with Gasteiger partial charge in [-0.15, -0.1) is 0 Å². The second-order valence-corrected chi connectivity index (χ2v) is 4.86. The molecule has 0 atom stereocenters. The van der Waals surface area contributed by atoms with E-state index in [2.05, 4.69) is 10.4 Å². The number of hydrogen-bond donors (Lipinski definition) is 2. The summed E-state index contributed by atoms with van der Waals surface area (Å²) in [4.78, 5) is 24.2. The fourth-order valence-electron chi connectivity index (χ4n) is 2.14. The first-order valence-electron chi connectivity index (χ1n) is 6.77. The molecule has 0 amide bonds. The third-order valence-electron chi connectivity index (χ3n) is 3.40. The van der Waals surface area contributed by atoms with Crippen molar-refractivity contribution in [2.45, 2.75) is 26.4 Å². The molecule has 3 N–H and O–H groups in total. The average molecular weight is 292 g/mol. The molecule has 0 unspecified atom stereocenters. The summed E-state index contributed by atoms with van der Waals surface area (Å²) < 4.78 is 4.18. The predicted octanol–water partition coefficient (Wildman–Crippen LogP) is -0.115. The van der Waals surface area contributed by atoms with E-state index in [4.69, 9.17) is 5.73 Å². The third-order valence-corrected chi connectivity index (χ3v) is 3.40. The van der Waals surface area contributed by atoms with E-state index in [0.29, 0.717) is 13.1 Å². The number of nitrogen functional groups attached to an aromatic ring is 1. The molecule has 8 nitrogen and oxygen atoms in total. The summed E-state index contributed by atoms with van der Waals surface area (Å²) in [6, 6.07) is 1.84. The topological polar surface area (TPSA) is 99.9 Å². The standard InChI is InChI=1S/C13H20N6O2/c1-4-7-19-11(14)10(12(20)17(2)13(19)21)15-8-9-5-6-16-18(9)3/h5-6,15H,4,7-8,14H2,1-3H3. The number of nitrogens with one attached hydrogen (secondary N) is 1. The van der Waals surface area contributed by atoms with Gasteiger partial charge in [-0.1, -0.05) is 6.92 Å². The first-order valence-corrected chi connectivity index (χ1v) is 6.77. The minimum atomic E-state index is -0.424. The Labute approximate surface area is 121 Å². The van der Waals surface area contributed by atoms with E-state index in [1.807, 2.05) is 20.0 Å². The summed E-state index contributed by atoms with van der Waals surface area (Å²) in [7, 11) is 3.27. The van der Waals surface area contributed by atoms with Crippen LogP contribution in [0.4, 0.5) is 11.5 Å². The lowest BCUT2D eigenvalue weighted by atomic mass is 10.3. The van der Waals surface area contributed by atoms with E-state index in [1.165, 1.54) is 11.6 Å². The van der Waals surface area contributed by atoms with Crippen LogP contribution in [0.25, 0.3) is 0 Å². The van der Waals surface area contributed by atoms with Crippen molar-refractivity contribution in [2.75, 3.05) is 11.1 Å². The first kappa shape index (κ1) is 14.9. The van der Waals surface area contributed by atoms with Crippen molar-refractivity contribution in [3.8, 4) is 0 Å². The van der Waals surface area contributed by atoms with Crippen LogP contribution in [0.3, 0.4) is 0 Å². The highest BCUT2D eigenvalue weighted by Gasteiger charge is 2.14.